The van der Waals surface area contributed by atoms with E-state index in [0.29, 0.717) is 13.0 Å². The van der Waals surface area contributed by atoms with Gasteiger partial charge in [0.05, 0.1) is 6.61 Å². The SMILES string of the molecule is C=C(O)/C=C\C(=C)C(COC)C(CCO)NC. The van der Waals surface area contributed by atoms with Crippen LogP contribution in [0.3, 0.4) is 0 Å². The van der Waals surface area contributed by atoms with Gasteiger partial charge in [-0.1, -0.05) is 19.2 Å². The largest absolute Gasteiger partial charge is 0.509 e. The number of nitrogens with one attached hydrogen (secondary N) is 1. The fraction of sp³-hybridized carbons (Fsp3) is 0.538. The monoisotopic (exact) mass is 241 g/mol. The van der Waals surface area contributed by atoms with Gasteiger partial charge in [0, 0.05) is 25.7 Å². The summed E-state index contributed by atoms with van der Waals surface area (Å²) >= 11 is 0. The zero-order valence-corrected chi connectivity index (χ0v) is 10.6. The van der Waals surface area contributed by atoms with Crippen LogP contribution in [0.1, 0.15) is 6.42 Å². The maximum Gasteiger partial charge on any atom is 0.108 e. The molecule has 0 spiro atoms. The Morgan fingerprint density at radius 2 is 2.06 bits per heavy atom. The van der Waals surface area contributed by atoms with Crippen molar-refractivity contribution in [2.24, 2.45) is 5.92 Å². The van der Waals surface area contributed by atoms with Crippen molar-refractivity contribution in [3.8, 4) is 0 Å². The molecule has 0 aliphatic heterocycles. The van der Waals surface area contributed by atoms with Crippen molar-refractivity contribution < 1.29 is 14.9 Å². The van der Waals surface area contributed by atoms with Gasteiger partial charge in [-0.05, 0) is 25.1 Å². The third-order valence-corrected chi connectivity index (χ3v) is 2.61. The van der Waals surface area contributed by atoms with Gasteiger partial charge in [0.2, 0.25) is 0 Å². The minimum absolute atomic E-state index is 0.00881. The van der Waals surface area contributed by atoms with Crippen LogP contribution < -0.4 is 5.32 Å². The Kier molecular flexibility index (Phi) is 8.40. The molecule has 0 rings (SSSR count). The second-order valence-electron chi connectivity index (χ2n) is 3.87. The Hall–Kier alpha value is -1.10. The summed E-state index contributed by atoms with van der Waals surface area (Å²) in [6, 6.07) is 0.0871. The highest BCUT2D eigenvalue weighted by Crippen LogP contribution is 2.18. The third kappa shape index (κ3) is 6.26. The van der Waals surface area contributed by atoms with Crippen molar-refractivity contribution in [1.82, 2.24) is 5.32 Å². The summed E-state index contributed by atoms with van der Waals surface area (Å²) in [4.78, 5) is 0. The minimum Gasteiger partial charge on any atom is -0.509 e. The molecule has 0 aliphatic carbocycles. The molecule has 0 heterocycles. The number of aliphatic hydroxyl groups is 2. The van der Waals surface area contributed by atoms with Crippen molar-refractivity contribution in [2.75, 3.05) is 27.4 Å². The summed E-state index contributed by atoms with van der Waals surface area (Å²) in [7, 11) is 3.46. The van der Waals surface area contributed by atoms with Crippen LogP contribution in [0, 0.1) is 5.92 Å². The highest BCUT2D eigenvalue weighted by atomic mass is 16.5. The van der Waals surface area contributed by atoms with Crippen LogP contribution in [-0.4, -0.2) is 43.6 Å². The minimum atomic E-state index is -0.00881. The molecule has 0 saturated heterocycles. The number of allylic oxidation sites excluding steroid dienone is 2. The third-order valence-electron chi connectivity index (χ3n) is 2.61. The van der Waals surface area contributed by atoms with E-state index in [-0.39, 0.29) is 24.3 Å². The maximum atomic E-state index is 9.00. The summed E-state index contributed by atoms with van der Waals surface area (Å²) in [5.74, 6) is 0.0400. The Morgan fingerprint density at radius 3 is 2.47 bits per heavy atom. The highest BCUT2D eigenvalue weighted by molar-refractivity contribution is 5.24. The Bertz CT molecular complexity index is 274. The number of rotatable bonds is 9. The first-order valence-electron chi connectivity index (χ1n) is 5.58. The molecular weight excluding hydrogens is 218 g/mol. The molecule has 0 aromatic carbocycles. The van der Waals surface area contributed by atoms with E-state index in [1.807, 2.05) is 7.05 Å². The molecule has 2 unspecified atom stereocenters. The molecule has 0 fully saturated rings. The van der Waals surface area contributed by atoms with Gasteiger partial charge in [-0.2, -0.15) is 0 Å². The second-order valence-corrected chi connectivity index (χ2v) is 3.87. The predicted molar refractivity (Wildman–Crippen MR) is 70.0 cm³/mol. The maximum absolute atomic E-state index is 9.00. The predicted octanol–water partition coefficient (Wildman–Crippen LogP) is 1.40. The number of ether oxygens (including phenoxy) is 1. The molecule has 17 heavy (non-hydrogen) atoms. The summed E-state index contributed by atoms with van der Waals surface area (Å²) in [5.41, 5.74) is 0.829. The molecule has 0 aromatic rings. The zero-order chi connectivity index (χ0) is 13.3. The van der Waals surface area contributed by atoms with Gasteiger partial charge < -0.3 is 20.3 Å². The quantitative estimate of drug-likeness (QED) is 0.422. The molecule has 0 radical (unpaired) electrons. The van der Waals surface area contributed by atoms with Crippen molar-refractivity contribution in [3.05, 3.63) is 36.6 Å². The van der Waals surface area contributed by atoms with Gasteiger partial charge >= 0.3 is 0 Å². The van der Waals surface area contributed by atoms with Crippen molar-refractivity contribution >= 4 is 0 Å². The fourth-order valence-electron chi connectivity index (χ4n) is 1.67. The Balaban J connectivity index is 4.68. The van der Waals surface area contributed by atoms with Crippen LogP contribution in [0.5, 0.6) is 0 Å². The molecular formula is C13H23NO3. The number of aliphatic hydroxyl groups excluding tert-OH is 2. The molecule has 3 N–H and O–H groups in total. The summed E-state index contributed by atoms with van der Waals surface area (Å²) in [6.45, 7) is 7.94. The average Bonchev–Trinajstić information content (AvgIpc) is 2.30. The van der Waals surface area contributed by atoms with Crippen LogP contribution in [0.2, 0.25) is 0 Å². The van der Waals surface area contributed by atoms with Crippen molar-refractivity contribution in [2.45, 2.75) is 12.5 Å². The van der Waals surface area contributed by atoms with Crippen molar-refractivity contribution in [1.29, 1.82) is 0 Å². The standard InChI is InChI=1S/C13H23NO3/c1-10(5-6-11(2)16)12(9-17-4)13(14-3)7-8-15/h5-6,12-16H,1-2,7-9H2,3-4H3/b6-5-. The lowest BCUT2D eigenvalue weighted by atomic mass is 9.90. The molecule has 0 aliphatic rings. The van der Waals surface area contributed by atoms with Crippen molar-refractivity contribution in [3.63, 3.8) is 0 Å². The molecule has 4 heteroatoms. The first kappa shape index (κ1) is 15.9. The van der Waals surface area contributed by atoms with Gasteiger partial charge in [-0.15, -0.1) is 0 Å². The van der Waals surface area contributed by atoms with Gasteiger partial charge in [0.15, 0.2) is 0 Å². The van der Waals surface area contributed by atoms with Crippen LogP contribution >= 0.6 is 0 Å². The van der Waals surface area contributed by atoms with E-state index in [1.165, 1.54) is 6.08 Å². The molecule has 0 aromatic heterocycles. The molecule has 0 saturated carbocycles. The van der Waals surface area contributed by atoms with Crippen LogP contribution in [0.4, 0.5) is 0 Å². The van der Waals surface area contributed by atoms with E-state index in [9.17, 15) is 0 Å². The summed E-state index contributed by atoms with van der Waals surface area (Å²) < 4.78 is 5.16. The lowest BCUT2D eigenvalue weighted by Crippen LogP contribution is -2.37. The zero-order valence-electron chi connectivity index (χ0n) is 10.6. The normalized spacial score (nSPS) is 14.8. The van der Waals surface area contributed by atoms with Crippen LogP contribution in [-0.2, 0) is 4.74 Å². The molecule has 0 amide bonds. The first-order valence-corrected chi connectivity index (χ1v) is 5.58. The fourth-order valence-corrected chi connectivity index (χ4v) is 1.67. The molecule has 4 nitrogen and oxygen atoms in total. The van der Waals surface area contributed by atoms with Gasteiger partial charge in [0.1, 0.15) is 5.76 Å². The number of hydrogen-bond acceptors (Lipinski definition) is 4. The van der Waals surface area contributed by atoms with E-state index < -0.39 is 0 Å². The van der Waals surface area contributed by atoms with Gasteiger partial charge in [-0.3, -0.25) is 0 Å². The van der Waals surface area contributed by atoms with E-state index in [0.717, 1.165) is 5.57 Å². The second kappa shape index (κ2) is 8.98. The van der Waals surface area contributed by atoms with Crippen LogP contribution in [0.15, 0.2) is 36.6 Å². The van der Waals surface area contributed by atoms with Gasteiger partial charge in [-0.25, -0.2) is 0 Å². The average molecular weight is 241 g/mol. The Morgan fingerprint density at radius 1 is 1.41 bits per heavy atom. The molecule has 98 valence electrons. The van der Waals surface area contributed by atoms with E-state index in [1.54, 1.807) is 13.2 Å². The topological polar surface area (TPSA) is 61.7 Å². The number of methoxy groups -OCH3 is 1. The van der Waals surface area contributed by atoms with Gasteiger partial charge in [0.25, 0.3) is 0 Å². The van der Waals surface area contributed by atoms with Crippen LogP contribution in [0.25, 0.3) is 0 Å². The van der Waals surface area contributed by atoms with E-state index in [4.69, 9.17) is 14.9 Å². The number of hydrogen-bond donors (Lipinski definition) is 3. The Labute approximate surface area is 103 Å². The molecule has 2 atom stereocenters. The van der Waals surface area contributed by atoms with E-state index >= 15 is 0 Å². The lowest BCUT2D eigenvalue weighted by Gasteiger charge is -2.26. The lowest BCUT2D eigenvalue weighted by molar-refractivity contribution is 0.140. The summed E-state index contributed by atoms with van der Waals surface area (Å²) in [6.07, 6.45) is 3.84. The smallest absolute Gasteiger partial charge is 0.108 e. The van der Waals surface area contributed by atoms with E-state index in [2.05, 4.69) is 18.5 Å². The highest BCUT2D eigenvalue weighted by Gasteiger charge is 2.21. The molecule has 0 bridgehead atoms. The first-order chi connectivity index (χ1) is 8.06. The summed E-state index contributed by atoms with van der Waals surface area (Å²) in [5, 5.41) is 21.1.